The zero-order chi connectivity index (χ0) is 21.5. The number of pyridine rings is 1. The Kier molecular flexibility index (Phi) is 5.63. The Hall–Kier alpha value is -2.32. The van der Waals surface area contributed by atoms with Crippen molar-refractivity contribution in [3.63, 3.8) is 0 Å². The molecule has 0 unspecified atom stereocenters. The smallest absolute Gasteiger partial charge is 0.356 e. The minimum atomic E-state index is -4.57. The molecule has 1 amide bonds. The van der Waals surface area contributed by atoms with E-state index in [1.54, 1.807) is 17.5 Å². The lowest BCUT2D eigenvalue weighted by molar-refractivity contribution is -0.137. The van der Waals surface area contributed by atoms with Crippen molar-refractivity contribution < 1.29 is 18.0 Å². The van der Waals surface area contributed by atoms with Crippen molar-refractivity contribution in [3.05, 3.63) is 52.0 Å². The van der Waals surface area contributed by atoms with Crippen molar-refractivity contribution in [1.82, 2.24) is 4.98 Å². The van der Waals surface area contributed by atoms with E-state index in [0.717, 1.165) is 23.3 Å². The van der Waals surface area contributed by atoms with Crippen LogP contribution in [0.25, 0.3) is 10.1 Å². The fraction of sp³-hybridized carbons (Fsp3) is 0.333. The fourth-order valence-corrected chi connectivity index (χ4v) is 4.88. The molecule has 1 aromatic carbocycles. The molecule has 0 atom stereocenters. The van der Waals surface area contributed by atoms with Gasteiger partial charge < -0.3 is 10.2 Å². The van der Waals surface area contributed by atoms with Crippen molar-refractivity contribution in [2.45, 2.75) is 25.9 Å². The van der Waals surface area contributed by atoms with Gasteiger partial charge in [-0.15, -0.1) is 11.3 Å². The van der Waals surface area contributed by atoms with Crippen molar-refractivity contribution >= 4 is 50.4 Å². The van der Waals surface area contributed by atoms with E-state index in [9.17, 15) is 18.0 Å². The number of nitrogens with one attached hydrogen (secondary N) is 1. The van der Waals surface area contributed by atoms with Crippen molar-refractivity contribution in [3.8, 4) is 0 Å². The second kappa shape index (κ2) is 8.07. The van der Waals surface area contributed by atoms with Gasteiger partial charge in [-0.2, -0.15) is 13.2 Å². The number of carbonyl (C=O) groups excluding carboxylic acids is 1. The Morgan fingerprint density at radius 2 is 1.97 bits per heavy atom. The van der Waals surface area contributed by atoms with Gasteiger partial charge in [-0.1, -0.05) is 11.6 Å². The van der Waals surface area contributed by atoms with Crippen LogP contribution in [0.5, 0.6) is 0 Å². The molecule has 0 radical (unpaired) electrons. The Balaban J connectivity index is 1.42. The highest BCUT2D eigenvalue weighted by molar-refractivity contribution is 7.19. The Labute approximate surface area is 180 Å². The van der Waals surface area contributed by atoms with Gasteiger partial charge >= 0.3 is 6.18 Å². The standard InChI is InChI=1S/C21H19ClF3N3OS/c1-12-10-15-18(30-12)4-7-26-19(15)28-8-5-13(6-9-28)20(29)27-14-2-3-17(22)16(11-14)21(23,24)25/h2-4,7,10-11,13H,5-6,8-9H2,1H3,(H,27,29). The average Bonchev–Trinajstić information content (AvgIpc) is 3.09. The van der Waals surface area contributed by atoms with Gasteiger partial charge in [0, 0.05) is 45.9 Å². The van der Waals surface area contributed by atoms with E-state index in [2.05, 4.69) is 28.2 Å². The summed E-state index contributed by atoms with van der Waals surface area (Å²) in [6.45, 7) is 3.38. The first-order valence-electron chi connectivity index (χ1n) is 9.50. The maximum Gasteiger partial charge on any atom is 0.417 e. The monoisotopic (exact) mass is 453 g/mol. The number of thiophene rings is 1. The van der Waals surface area contributed by atoms with Gasteiger partial charge in [0.25, 0.3) is 0 Å². The van der Waals surface area contributed by atoms with E-state index in [1.165, 1.54) is 15.6 Å². The van der Waals surface area contributed by atoms with Gasteiger partial charge in [0.05, 0.1) is 10.6 Å². The highest BCUT2D eigenvalue weighted by atomic mass is 35.5. The second-order valence-corrected chi connectivity index (χ2v) is 9.04. The van der Waals surface area contributed by atoms with E-state index in [4.69, 9.17) is 11.6 Å². The number of aryl methyl sites for hydroxylation is 1. The number of alkyl halides is 3. The van der Waals surface area contributed by atoms with Gasteiger partial charge in [-0.05, 0) is 50.1 Å². The summed E-state index contributed by atoms with van der Waals surface area (Å²) in [5.41, 5.74) is -0.860. The SMILES string of the molecule is Cc1cc2c(N3CCC(C(=O)Nc4ccc(Cl)c(C(F)(F)F)c4)CC3)nccc2s1. The molecule has 3 heterocycles. The Morgan fingerprint density at radius 1 is 1.23 bits per heavy atom. The molecule has 9 heteroatoms. The van der Waals surface area contributed by atoms with E-state index >= 15 is 0 Å². The highest BCUT2D eigenvalue weighted by Gasteiger charge is 2.34. The third kappa shape index (κ3) is 4.25. The quantitative estimate of drug-likeness (QED) is 0.518. The minimum absolute atomic E-state index is 0.0966. The summed E-state index contributed by atoms with van der Waals surface area (Å²) >= 11 is 7.36. The van der Waals surface area contributed by atoms with Gasteiger partial charge in [-0.25, -0.2) is 4.98 Å². The number of carbonyl (C=O) groups is 1. The number of hydrogen-bond acceptors (Lipinski definition) is 4. The van der Waals surface area contributed by atoms with E-state index in [1.807, 2.05) is 6.07 Å². The second-order valence-electron chi connectivity index (χ2n) is 7.35. The van der Waals surface area contributed by atoms with Crippen molar-refractivity contribution in [1.29, 1.82) is 0 Å². The van der Waals surface area contributed by atoms with Gasteiger partial charge in [0.15, 0.2) is 0 Å². The molecule has 3 aromatic rings. The fourth-order valence-electron chi connectivity index (χ4n) is 3.75. The largest absolute Gasteiger partial charge is 0.417 e. The maximum atomic E-state index is 13.0. The van der Waals surface area contributed by atoms with Crippen LogP contribution in [-0.4, -0.2) is 24.0 Å². The molecule has 4 nitrogen and oxygen atoms in total. The molecule has 0 spiro atoms. The van der Waals surface area contributed by atoms with Gasteiger partial charge in [-0.3, -0.25) is 4.79 Å². The average molecular weight is 454 g/mol. The number of benzene rings is 1. The number of fused-ring (bicyclic) bond motifs is 1. The lowest BCUT2D eigenvalue weighted by Crippen LogP contribution is -2.38. The molecule has 0 bridgehead atoms. The van der Waals surface area contributed by atoms with E-state index in [-0.39, 0.29) is 22.5 Å². The number of nitrogens with zero attached hydrogens (tertiary/aromatic N) is 2. The topological polar surface area (TPSA) is 45.2 Å². The Bertz CT molecular complexity index is 1090. The zero-order valence-corrected chi connectivity index (χ0v) is 17.7. The summed E-state index contributed by atoms with van der Waals surface area (Å²) in [5.74, 6) is 0.376. The number of hydrogen-bond donors (Lipinski definition) is 1. The molecule has 0 saturated carbocycles. The number of piperidine rings is 1. The molecular formula is C21H19ClF3N3OS. The van der Waals surface area contributed by atoms with Crippen LogP contribution < -0.4 is 10.2 Å². The lowest BCUT2D eigenvalue weighted by Gasteiger charge is -2.32. The van der Waals surface area contributed by atoms with Gasteiger partial charge in [0.1, 0.15) is 5.82 Å². The Morgan fingerprint density at radius 3 is 2.67 bits per heavy atom. The third-order valence-electron chi connectivity index (χ3n) is 5.25. The van der Waals surface area contributed by atoms with E-state index in [0.29, 0.717) is 25.9 Å². The molecular weight excluding hydrogens is 435 g/mol. The molecule has 2 aromatic heterocycles. The molecule has 158 valence electrons. The van der Waals surface area contributed by atoms with Crippen molar-refractivity contribution in [2.75, 3.05) is 23.3 Å². The van der Waals surface area contributed by atoms with Crippen LogP contribution in [0.15, 0.2) is 36.5 Å². The molecule has 4 rings (SSSR count). The van der Waals surface area contributed by atoms with Gasteiger partial charge in [0.2, 0.25) is 5.91 Å². The van der Waals surface area contributed by atoms with Crippen LogP contribution in [0.1, 0.15) is 23.3 Å². The van der Waals surface area contributed by atoms with Crippen LogP contribution >= 0.6 is 22.9 Å². The first kappa shape index (κ1) is 20.9. The number of rotatable bonds is 3. The number of amides is 1. The molecule has 30 heavy (non-hydrogen) atoms. The number of anilines is 2. The third-order valence-corrected chi connectivity index (χ3v) is 6.60. The summed E-state index contributed by atoms with van der Waals surface area (Å²) in [4.78, 5) is 20.5. The summed E-state index contributed by atoms with van der Waals surface area (Å²) in [6.07, 6.45) is -1.57. The molecule has 0 aliphatic carbocycles. The summed E-state index contributed by atoms with van der Waals surface area (Å²) in [5, 5.41) is 3.33. The maximum absolute atomic E-state index is 13.0. The van der Waals surface area contributed by atoms with Crippen LogP contribution in [-0.2, 0) is 11.0 Å². The molecule has 1 aliphatic heterocycles. The zero-order valence-electron chi connectivity index (χ0n) is 16.1. The van der Waals surface area contributed by atoms with Crippen LogP contribution in [0, 0.1) is 12.8 Å². The molecule has 1 N–H and O–H groups in total. The minimum Gasteiger partial charge on any atom is -0.356 e. The predicted molar refractivity (Wildman–Crippen MR) is 114 cm³/mol. The highest BCUT2D eigenvalue weighted by Crippen LogP contribution is 2.37. The lowest BCUT2D eigenvalue weighted by atomic mass is 9.95. The summed E-state index contributed by atoms with van der Waals surface area (Å²) < 4.78 is 40.3. The summed E-state index contributed by atoms with van der Waals surface area (Å²) in [7, 11) is 0. The molecule has 1 saturated heterocycles. The van der Waals surface area contributed by atoms with Crippen LogP contribution in [0.2, 0.25) is 5.02 Å². The number of halogens is 4. The first-order valence-corrected chi connectivity index (χ1v) is 10.7. The normalized spacial score (nSPS) is 15.6. The van der Waals surface area contributed by atoms with Crippen LogP contribution in [0.4, 0.5) is 24.7 Å². The first-order chi connectivity index (χ1) is 14.2. The summed E-state index contributed by atoms with van der Waals surface area (Å²) in [6, 6.07) is 7.53. The van der Waals surface area contributed by atoms with Crippen molar-refractivity contribution in [2.24, 2.45) is 5.92 Å². The molecule has 1 fully saturated rings. The molecule has 1 aliphatic rings. The van der Waals surface area contributed by atoms with E-state index < -0.39 is 11.7 Å². The number of aromatic nitrogens is 1. The predicted octanol–water partition coefficient (Wildman–Crippen LogP) is 6.13. The van der Waals surface area contributed by atoms with Crippen LogP contribution in [0.3, 0.4) is 0 Å².